The normalized spacial score (nSPS) is 10.7. The molecular weight excluding hydrogens is 385 g/mol. The molecule has 0 unspecified atom stereocenters. The standard InChI is InChI=1S/C19H24FN3O6/c20-14-4-1-5-15(12-14)29-18-16(22(6-2-8-24)7-3-9-25)10-13(19(26)27)11-17(18)23(21)28/h1,4-5,10-12,24-25,28H,2-3,6-9,21H2,(H,26,27). The average molecular weight is 409 g/mol. The Kier molecular flexibility index (Phi) is 8.16. The molecule has 2 aromatic carbocycles. The van der Waals surface area contributed by atoms with Crippen LogP contribution >= 0.6 is 0 Å². The first-order chi connectivity index (χ1) is 13.9. The maximum Gasteiger partial charge on any atom is 0.335 e. The van der Waals surface area contributed by atoms with Gasteiger partial charge in [-0.2, -0.15) is 5.17 Å². The van der Waals surface area contributed by atoms with E-state index in [4.69, 9.17) is 10.6 Å². The van der Waals surface area contributed by atoms with Gasteiger partial charge in [-0.1, -0.05) is 6.07 Å². The fourth-order valence-electron chi connectivity index (χ4n) is 2.76. The number of carboxylic acids is 1. The number of nitrogens with zero attached hydrogens (tertiary/aromatic N) is 2. The molecule has 0 aromatic heterocycles. The number of aromatic carboxylic acids is 1. The Hall–Kier alpha value is -2.92. The number of aliphatic hydroxyl groups is 2. The molecule has 10 heteroatoms. The molecule has 9 nitrogen and oxygen atoms in total. The molecule has 6 N–H and O–H groups in total. The maximum absolute atomic E-state index is 13.6. The number of rotatable bonds is 11. The number of nitrogens with two attached hydrogens (primary N) is 1. The van der Waals surface area contributed by atoms with Gasteiger partial charge in [0.1, 0.15) is 17.3 Å². The molecule has 158 valence electrons. The molecule has 2 rings (SSSR count). The van der Waals surface area contributed by atoms with Crippen LogP contribution in [0.2, 0.25) is 0 Å². The summed E-state index contributed by atoms with van der Waals surface area (Å²) in [5.74, 6) is 3.80. The van der Waals surface area contributed by atoms with Gasteiger partial charge in [-0.05, 0) is 37.1 Å². The van der Waals surface area contributed by atoms with Crippen LogP contribution in [0.4, 0.5) is 15.8 Å². The molecule has 2 aromatic rings. The molecule has 0 fully saturated rings. The lowest BCUT2D eigenvalue weighted by atomic mass is 10.1. The number of benzene rings is 2. The van der Waals surface area contributed by atoms with Crippen molar-refractivity contribution in [1.29, 1.82) is 0 Å². The van der Waals surface area contributed by atoms with Crippen molar-refractivity contribution >= 4 is 17.3 Å². The van der Waals surface area contributed by atoms with Crippen LogP contribution in [0.1, 0.15) is 23.2 Å². The number of hydrogen-bond acceptors (Lipinski definition) is 8. The molecular formula is C19H24FN3O6. The fraction of sp³-hybridized carbons (Fsp3) is 0.316. The van der Waals surface area contributed by atoms with Crippen LogP contribution in [0.15, 0.2) is 36.4 Å². The number of anilines is 2. The molecule has 0 amide bonds. The first kappa shape index (κ1) is 22.4. The molecule has 0 saturated carbocycles. The molecule has 0 aliphatic heterocycles. The van der Waals surface area contributed by atoms with E-state index >= 15 is 0 Å². The molecule has 0 radical (unpaired) electrons. The van der Waals surface area contributed by atoms with Crippen molar-refractivity contribution in [3.63, 3.8) is 0 Å². The van der Waals surface area contributed by atoms with Crippen molar-refractivity contribution in [2.24, 2.45) is 5.84 Å². The van der Waals surface area contributed by atoms with Crippen LogP contribution < -0.4 is 20.7 Å². The minimum absolute atomic E-state index is 0.00137. The van der Waals surface area contributed by atoms with Crippen LogP contribution in [0.3, 0.4) is 0 Å². The van der Waals surface area contributed by atoms with E-state index in [1.807, 2.05) is 0 Å². The second-order valence-electron chi connectivity index (χ2n) is 6.19. The highest BCUT2D eigenvalue weighted by Crippen LogP contribution is 2.41. The molecule has 0 aliphatic carbocycles. The van der Waals surface area contributed by atoms with Crippen LogP contribution in [-0.4, -0.2) is 52.8 Å². The largest absolute Gasteiger partial charge is 0.478 e. The lowest BCUT2D eigenvalue weighted by Gasteiger charge is -2.29. The number of hydrazine groups is 1. The summed E-state index contributed by atoms with van der Waals surface area (Å²) < 4.78 is 19.4. The molecule has 0 atom stereocenters. The van der Waals surface area contributed by atoms with Crippen molar-refractivity contribution in [3.05, 3.63) is 47.8 Å². The van der Waals surface area contributed by atoms with E-state index in [0.717, 1.165) is 12.1 Å². The summed E-state index contributed by atoms with van der Waals surface area (Å²) in [7, 11) is 0. The van der Waals surface area contributed by atoms with Crippen molar-refractivity contribution in [3.8, 4) is 11.5 Å². The Balaban J connectivity index is 2.63. The zero-order valence-electron chi connectivity index (χ0n) is 15.7. The zero-order valence-corrected chi connectivity index (χ0v) is 15.7. The predicted molar refractivity (Wildman–Crippen MR) is 104 cm³/mol. The summed E-state index contributed by atoms with van der Waals surface area (Å²) in [5.41, 5.74) is -0.0539. The van der Waals surface area contributed by atoms with E-state index in [9.17, 15) is 29.7 Å². The Morgan fingerprint density at radius 2 is 1.69 bits per heavy atom. The Morgan fingerprint density at radius 3 is 2.21 bits per heavy atom. The molecule has 0 aliphatic rings. The summed E-state index contributed by atoms with van der Waals surface area (Å²) in [6.45, 7) is 0.414. The first-order valence-electron chi connectivity index (χ1n) is 8.92. The Bertz CT molecular complexity index is 826. The predicted octanol–water partition coefficient (Wildman–Crippen LogP) is 1.96. The summed E-state index contributed by atoms with van der Waals surface area (Å²) >= 11 is 0. The van der Waals surface area contributed by atoms with Crippen molar-refractivity contribution < 1.29 is 34.4 Å². The van der Waals surface area contributed by atoms with Gasteiger partial charge in [-0.3, -0.25) is 5.21 Å². The number of halogens is 1. The van der Waals surface area contributed by atoms with Gasteiger partial charge in [-0.15, -0.1) is 0 Å². The average Bonchev–Trinajstić information content (AvgIpc) is 2.68. The lowest BCUT2D eigenvalue weighted by Crippen LogP contribution is -2.30. The van der Waals surface area contributed by atoms with Crippen LogP contribution in [0.5, 0.6) is 11.5 Å². The summed E-state index contributed by atoms with van der Waals surface area (Å²) in [4.78, 5) is 13.3. The first-order valence-corrected chi connectivity index (χ1v) is 8.92. The summed E-state index contributed by atoms with van der Waals surface area (Å²) in [6, 6.07) is 7.74. The lowest BCUT2D eigenvalue weighted by molar-refractivity contribution is 0.0697. The Morgan fingerprint density at radius 1 is 1.07 bits per heavy atom. The van der Waals surface area contributed by atoms with E-state index in [1.54, 1.807) is 4.90 Å². The molecule has 29 heavy (non-hydrogen) atoms. The highest BCUT2D eigenvalue weighted by atomic mass is 19.1. The van der Waals surface area contributed by atoms with Gasteiger partial charge in [0.15, 0.2) is 5.75 Å². The molecule has 0 saturated heterocycles. The van der Waals surface area contributed by atoms with Gasteiger partial charge in [0.25, 0.3) is 0 Å². The maximum atomic E-state index is 13.6. The number of carbonyl (C=O) groups is 1. The monoisotopic (exact) mass is 409 g/mol. The van der Waals surface area contributed by atoms with Crippen LogP contribution in [0.25, 0.3) is 0 Å². The highest BCUT2D eigenvalue weighted by molar-refractivity contribution is 5.92. The Labute approximate surface area is 166 Å². The number of hydrogen-bond donors (Lipinski definition) is 5. The van der Waals surface area contributed by atoms with Crippen molar-refractivity contribution in [2.75, 3.05) is 36.4 Å². The topological polar surface area (TPSA) is 140 Å². The van der Waals surface area contributed by atoms with Gasteiger partial charge in [0, 0.05) is 32.4 Å². The van der Waals surface area contributed by atoms with Crippen LogP contribution in [0, 0.1) is 5.82 Å². The second-order valence-corrected chi connectivity index (χ2v) is 6.19. The van der Waals surface area contributed by atoms with E-state index in [1.165, 1.54) is 24.3 Å². The van der Waals surface area contributed by atoms with Gasteiger partial charge in [0.2, 0.25) is 0 Å². The third-order valence-electron chi connectivity index (χ3n) is 4.07. The third kappa shape index (κ3) is 6.03. The molecule has 0 bridgehead atoms. The molecule has 0 heterocycles. The summed E-state index contributed by atoms with van der Waals surface area (Å²) in [6.07, 6.45) is 0.728. The van der Waals surface area contributed by atoms with E-state index in [0.29, 0.717) is 25.9 Å². The minimum atomic E-state index is -1.25. The van der Waals surface area contributed by atoms with Gasteiger partial charge >= 0.3 is 5.97 Å². The molecule has 0 spiro atoms. The van der Waals surface area contributed by atoms with Crippen molar-refractivity contribution in [1.82, 2.24) is 0 Å². The van der Waals surface area contributed by atoms with Crippen molar-refractivity contribution in [2.45, 2.75) is 12.8 Å². The second kappa shape index (κ2) is 10.6. The zero-order chi connectivity index (χ0) is 21.4. The fourth-order valence-corrected chi connectivity index (χ4v) is 2.76. The van der Waals surface area contributed by atoms with Gasteiger partial charge in [0.05, 0.1) is 11.3 Å². The van der Waals surface area contributed by atoms with Gasteiger partial charge in [-0.25, -0.2) is 15.0 Å². The van der Waals surface area contributed by atoms with E-state index in [-0.39, 0.29) is 46.8 Å². The minimum Gasteiger partial charge on any atom is -0.478 e. The quantitative estimate of drug-likeness (QED) is 0.278. The third-order valence-corrected chi connectivity index (χ3v) is 4.07. The number of aliphatic hydroxyl groups excluding tert-OH is 2. The highest BCUT2D eigenvalue weighted by Gasteiger charge is 2.23. The smallest absolute Gasteiger partial charge is 0.335 e. The number of carboxylic acid groups (broad SMARTS) is 1. The van der Waals surface area contributed by atoms with E-state index in [2.05, 4.69) is 0 Å². The SMILES string of the molecule is NN(O)c1cc(C(=O)O)cc(N(CCCO)CCCO)c1Oc1cccc(F)c1. The number of ether oxygens (including phenoxy) is 1. The van der Waals surface area contributed by atoms with Gasteiger partial charge < -0.3 is 25.0 Å². The van der Waals surface area contributed by atoms with Crippen LogP contribution in [-0.2, 0) is 0 Å². The van der Waals surface area contributed by atoms with E-state index < -0.39 is 11.8 Å². The summed E-state index contributed by atoms with van der Waals surface area (Å²) in [5, 5.41) is 37.9.